The number of allylic oxidation sites excluding steroid dienone is 2. The number of phenols is 1. The van der Waals surface area contributed by atoms with Crippen LogP contribution in [0.25, 0.3) is 10.9 Å². The summed E-state index contributed by atoms with van der Waals surface area (Å²) in [7, 11) is 0. The van der Waals surface area contributed by atoms with E-state index in [9.17, 15) is 30.0 Å². The van der Waals surface area contributed by atoms with Gasteiger partial charge in [0.05, 0.1) is 17.4 Å². The molecule has 6 rings (SSSR count). The van der Waals surface area contributed by atoms with Gasteiger partial charge in [-0.25, -0.2) is 4.79 Å². The van der Waals surface area contributed by atoms with E-state index in [1.54, 1.807) is 24.4 Å². The van der Waals surface area contributed by atoms with E-state index in [1.165, 1.54) is 5.57 Å². The number of aromatic hydroxyl groups is 1. The number of carboxylic acids is 1. The van der Waals surface area contributed by atoms with Gasteiger partial charge in [-0.15, -0.1) is 0 Å². The predicted octanol–water partition coefficient (Wildman–Crippen LogP) is 4.04. The normalized spacial score (nSPS) is 36.8. The highest BCUT2D eigenvalue weighted by molar-refractivity contribution is 5.96. The SMILES string of the molecule is C[C@]12CC/C(=N/OCC(=O)N[C@H](Cc3c[nH]c4ccc(O)cc34)C(=O)O)C=C1CC[C@@H]1[C@@H]2[C@H](O)C[C@@]2(C)[C@H]1CC[C@]2(C)O. The molecule has 3 fully saturated rings. The second-order valence-electron chi connectivity index (χ2n) is 14.0. The quantitative estimate of drug-likeness (QED) is 0.264. The van der Waals surface area contributed by atoms with Gasteiger partial charge in [-0.2, -0.15) is 0 Å². The minimum atomic E-state index is -1.18. The standard InChI is InChI=1S/C33H43N3O7/c1-31-10-8-20(13-19(31)4-6-22-24-9-11-33(3,42)32(24,2)15-27(38)29(22)31)36-43-17-28(39)35-26(30(40)41)12-18-16-34-25-7-5-21(37)14-23(18)25/h5,7,13-14,16,22,24,26-27,29,34,37-38,42H,4,6,8-12,15,17H2,1-3H3,(H,35,39)(H,40,41)/b36-20-/t22-,24-,26+,27+,29+,31-,32-,33-/m0/s1. The number of fused-ring (bicyclic) bond motifs is 6. The van der Waals surface area contributed by atoms with Gasteiger partial charge in [0.15, 0.2) is 6.61 Å². The molecule has 10 heteroatoms. The van der Waals surface area contributed by atoms with Gasteiger partial charge in [-0.05, 0) is 105 Å². The number of hydrogen-bond acceptors (Lipinski definition) is 7. The number of aromatic nitrogens is 1. The van der Waals surface area contributed by atoms with Gasteiger partial charge in [0.25, 0.3) is 5.91 Å². The van der Waals surface area contributed by atoms with Crippen LogP contribution in [0.15, 0.2) is 41.2 Å². The van der Waals surface area contributed by atoms with Crippen LogP contribution in [0.3, 0.4) is 0 Å². The Morgan fingerprint density at radius 3 is 2.74 bits per heavy atom. The second kappa shape index (κ2) is 10.7. The van der Waals surface area contributed by atoms with Crippen LogP contribution in [0.1, 0.15) is 71.3 Å². The molecule has 4 aliphatic rings. The molecular formula is C33H43N3O7. The summed E-state index contributed by atoms with van der Waals surface area (Å²) in [6.07, 6.45) is 9.07. The summed E-state index contributed by atoms with van der Waals surface area (Å²) >= 11 is 0. The number of phenolic OH excluding ortho intramolecular Hbond substituents is 1. The summed E-state index contributed by atoms with van der Waals surface area (Å²) in [6.45, 7) is 5.97. The van der Waals surface area contributed by atoms with Crippen LogP contribution in [-0.2, 0) is 20.8 Å². The van der Waals surface area contributed by atoms with E-state index in [2.05, 4.69) is 35.4 Å². The van der Waals surface area contributed by atoms with Crippen LogP contribution in [0, 0.1) is 28.6 Å². The van der Waals surface area contributed by atoms with Crippen LogP contribution >= 0.6 is 0 Å². The number of aromatic amines is 1. The first-order valence-corrected chi connectivity index (χ1v) is 15.4. The number of aliphatic carboxylic acids is 1. The van der Waals surface area contributed by atoms with Gasteiger partial charge in [0.1, 0.15) is 11.8 Å². The van der Waals surface area contributed by atoms with Gasteiger partial charge in [0, 0.05) is 28.9 Å². The van der Waals surface area contributed by atoms with E-state index >= 15 is 0 Å². The van der Waals surface area contributed by atoms with Crippen LogP contribution in [0.4, 0.5) is 0 Å². The monoisotopic (exact) mass is 593 g/mol. The summed E-state index contributed by atoms with van der Waals surface area (Å²) in [6, 6.07) is 3.63. The molecule has 232 valence electrons. The predicted molar refractivity (Wildman–Crippen MR) is 160 cm³/mol. The topological polar surface area (TPSA) is 164 Å². The summed E-state index contributed by atoms with van der Waals surface area (Å²) in [5.74, 6) is -0.767. The lowest BCUT2D eigenvalue weighted by atomic mass is 9.45. The van der Waals surface area contributed by atoms with E-state index in [-0.39, 0.29) is 28.9 Å². The van der Waals surface area contributed by atoms with Crippen molar-refractivity contribution in [3.05, 3.63) is 41.6 Å². The Balaban J connectivity index is 1.09. The van der Waals surface area contributed by atoms with Crippen molar-refractivity contribution in [2.75, 3.05) is 6.61 Å². The third-order valence-electron chi connectivity index (χ3n) is 11.7. The van der Waals surface area contributed by atoms with E-state index in [0.717, 1.165) is 43.3 Å². The molecule has 2 aromatic rings. The number of H-pyrrole nitrogens is 1. The summed E-state index contributed by atoms with van der Waals surface area (Å²) in [5, 5.41) is 49.6. The number of oxime groups is 1. The van der Waals surface area contributed by atoms with Gasteiger partial charge in [0.2, 0.25) is 0 Å². The number of nitrogens with zero attached hydrogens (tertiary/aromatic N) is 1. The van der Waals surface area contributed by atoms with Crippen molar-refractivity contribution in [1.82, 2.24) is 10.3 Å². The maximum absolute atomic E-state index is 12.6. The third kappa shape index (κ3) is 5.02. The maximum atomic E-state index is 12.6. The average molecular weight is 594 g/mol. The minimum absolute atomic E-state index is 0.0370. The van der Waals surface area contributed by atoms with Crippen molar-refractivity contribution in [2.24, 2.45) is 33.7 Å². The number of hydrogen-bond donors (Lipinski definition) is 6. The van der Waals surface area contributed by atoms with Crippen LogP contribution in [0.2, 0.25) is 0 Å². The molecule has 4 aliphatic carbocycles. The van der Waals surface area contributed by atoms with Gasteiger partial charge < -0.3 is 35.6 Å². The number of nitrogens with one attached hydrogen (secondary N) is 2. The largest absolute Gasteiger partial charge is 0.508 e. The smallest absolute Gasteiger partial charge is 0.326 e. The number of carbonyl (C=O) groups excluding carboxylic acids is 1. The molecule has 0 unspecified atom stereocenters. The van der Waals surface area contributed by atoms with Gasteiger partial charge >= 0.3 is 5.97 Å². The molecular weight excluding hydrogens is 550 g/mol. The Hall–Kier alpha value is -3.37. The van der Waals surface area contributed by atoms with Crippen LogP contribution in [-0.4, -0.2) is 67.4 Å². The molecule has 1 heterocycles. The summed E-state index contributed by atoms with van der Waals surface area (Å²) in [5.41, 5.74) is 2.26. The molecule has 1 amide bonds. The minimum Gasteiger partial charge on any atom is -0.508 e. The number of aliphatic hydroxyl groups is 2. The van der Waals surface area contributed by atoms with Gasteiger partial charge in [-0.3, -0.25) is 4.79 Å². The molecule has 8 atom stereocenters. The molecule has 43 heavy (non-hydrogen) atoms. The summed E-state index contributed by atoms with van der Waals surface area (Å²) < 4.78 is 0. The second-order valence-corrected chi connectivity index (χ2v) is 14.0. The lowest BCUT2D eigenvalue weighted by molar-refractivity contribution is -0.164. The number of amides is 1. The molecule has 6 N–H and O–H groups in total. The zero-order valence-corrected chi connectivity index (χ0v) is 25.1. The number of carbonyl (C=O) groups is 2. The Kier molecular flexibility index (Phi) is 7.36. The number of rotatable bonds is 7. The lowest BCUT2D eigenvalue weighted by Crippen LogP contribution is -2.59. The van der Waals surface area contributed by atoms with Crippen molar-refractivity contribution in [3.63, 3.8) is 0 Å². The third-order valence-corrected chi connectivity index (χ3v) is 11.7. The average Bonchev–Trinajstić information content (AvgIpc) is 3.44. The van der Waals surface area contributed by atoms with Crippen molar-refractivity contribution in [2.45, 2.75) is 89.9 Å². The first-order chi connectivity index (χ1) is 20.3. The molecule has 0 radical (unpaired) electrons. The molecule has 1 aromatic heterocycles. The van der Waals surface area contributed by atoms with E-state index in [0.29, 0.717) is 35.6 Å². The first kappa shape index (κ1) is 29.7. The molecule has 0 saturated heterocycles. The zero-order valence-electron chi connectivity index (χ0n) is 25.1. The highest BCUT2D eigenvalue weighted by Gasteiger charge is 2.64. The molecule has 0 aliphatic heterocycles. The molecule has 0 spiro atoms. The fourth-order valence-electron chi connectivity index (χ4n) is 9.16. The van der Waals surface area contributed by atoms with Crippen molar-refractivity contribution < 1.29 is 34.9 Å². The van der Waals surface area contributed by atoms with Crippen molar-refractivity contribution in [3.8, 4) is 5.75 Å². The highest BCUT2D eigenvalue weighted by atomic mass is 16.6. The van der Waals surface area contributed by atoms with Crippen molar-refractivity contribution >= 4 is 28.5 Å². The number of carboxylic acid groups (broad SMARTS) is 1. The molecule has 10 nitrogen and oxygen atoms in total. The van der Waals surface area contributed by atoms with Crippen LogP contribution < -0.4 is 5.32 Å². The molecule has 0 bridgehead atoms. The molecule has 3 saturated carbocycles. The fraction of sp³-hybridized carbons (Fsp3) is 0.606. The Labute approximate surface area is 251 Å². The zero-order chi connectivity index (χ0) is 30.7. The van der Waals surface area contributed by atoms with Crippen molar-refractivity contribution in [1.29, 1.82) is 0 Å². The fourth-order valence-corrected chi connectivity index (χ4v) is 9.16. The van der Waals surface area contributed by atoms with E-state index in [4.69, 9.17) is 4.84 Å². The molecule has 1 aromatic carbocycles. The number of benzene rings is 1. The lowest BCUT2D eigenvalue weighted by Gasteiger charge is -2.60. The Morgan fingerprint density at radius 2 is 1.98 bits per heavy atom. The van der Waals surface area contributed by atoms with E-state index in [1.807, 2.05) is 6.92 Å². The van der Waals surface area contributed by atoms with E-state index < -0.39 is 36.2 Å². The highest BCUT2D eigenvalue weighted by Crippen LogP contribution is 2.67. The number of aliphatic hydroxyl groups excluding tert-OH is 1. The van der Waals surface area contributed by atoms with Gasteiger partial charge in [-0.1, -0.05) is 24.6 Å². The Morgan fingerprint density at radius 1 is 1.19 bits per heavy atom. The first-order valence-electron chi connectivity index (χ1n) is 15.4. The van der Waals surface area contributed by atoms with Crippen LogP contribution in [0.5, 0.6) is 5.75 Å². The maximum Gasteiger partial charge on any atom is 0.326 e. The Bertz CT molecular complexity index is 1490. The summed E-state index contributed by atoms with van der Waals surface area (Å²) in [4.78, 5) is 32.9.